The summed E-state index contributed by atoms with van der Waals surface area (Å²) in [6, 6.07) is 7.94. The Morgan fingerprint density at radius 3 is 2.75 bits per heavy atom. The van der Waals surface area contributed by atoms with Gasteiger partial charge >= 0.3 is 0 Å². The molecule has 64 valence electrons. The molecule has 0 aliphatic rings. The topological polar surface area (TPSA) is 26.0 Å². The maximum atomic E-state index is 5.97. The summed E-state index contributed by atoms with van der Waals surface area (Å²) in [6.45, 7) is 5.63. The first-order valence-electron chi connectivity index (χ1n) is 3.75. The van der Waals surface area contributed by atoms with E-state index in [1.54, 1.807) is 6.08 Å². The summed E-state index contributed by atoms with van der Waals surface area (Å²) in [7, 11) is 0. The standard InChI is InChI=1S/C10H12BrN/c1-3-10(2,12)8-5-4-6-9(11)7-8/h3-7H,1,12H2,2H3. The molecule has 0 fully saturated rings. The molecule has 12 heavy (non-hydrogen) atoms. The summed E-state index contributed by atoms with van der Waals surface area (Å²) in [5.74, 6) is 0. The SMILES string of the molecule is C=CC(C)(N)c1cccc(Br)c1. The van der Waals surface area contributed by atoms with Gasteiger partial charge in [0.15, 0.2) is 0 Å². The molecule has 0 saturated carbocycles. The molecule has 1 nitrogen and oxygen atoms in total. The summed E-state index contributed by atoms with van der Waals surface area (Å²) in [6.07, 6.45) is 1.74. The van der Waals surface area contributed by atoms with Crippen LogP contribution in [0.2, 0.25) is 0 Å². The van der Waals surface area contributed by atoms with E-state index in [0.717, 1.165) is 10.0 Å². The van der Waals surface area contributed by atoms with E-state index < -0.39 is 5.54 Å². The van der Waals surface area contributed by atoms with Crippen molar-refractivity contribution in [2.24, 2.45) is 5.73 Å². The second-order valence-electron chi connectivity index (χ2n) is 3.00. The molecule has 0 heterocycles. The van der Waals surface area contributed by atoms with E-state index in [2.05, 4.69) is 22.5 Å². The van der Waals surface area contributed by atoms with Crippen molar-refractivity contribution in [3.63, 3.8) is 0 Å². The zero-order valence-corrected chi connectivity index (χ0v) is 8.64. The van der Waals surface area contributed by atoms with Gasteiger partial charge in [0.1, 0.15) is 0 Å². The van der Waals surface area contributed by atoms with Gasteiger partial charge in [-0.2, -0.15) is 0 Å². The monoisotopic (exact) mass is 225 g/mol. The molecule has 0 bridgehead atoms. The Balaban J connectivity index is 3.11. The number of rotatable bonds is 2. The van der Waals surface area contributed by atoms with Crippen LogP contribution >= 0.6 is 15.9 Å². The van der Waals surface area contributed by atoms with Crippen molar-refractivity contribution in [3.05, 3.63) is 47.0 Å². The fraction of sp³-hybridized carbons (Fsp3) is 0.200. The lowest BCUT2D eigenvalue weighted by Crippen LogP contribution is -2.29. The Hall–Kier alpha value is -0.600. The van der Waals surface area contributed by atoms with Gasteiger partial charge in [-0.1, -0.05) is 34.1 Å². The normalized spacial score (nSPS) is 15.2. The highest BCUT2D eigenvalue weighted by atomic mass is 79.9. The summed E-state index contributed by atoms with van der Waals surface area (Å²) in [5, 5.41) is 0. The molecule has 1 atom stereocenters. The molecule has 0 radical (unpaired) electrons. The van der Waals surface area contributed by atoms with E-state index in [-0.39, 0.29) is 0 Å². The molecule has 0 amide bonds. The van der Waals surface area contributed by atoms with Gasteiger partial charge in [-0.25, -0.2) is 0 Å². The minimum absolute atomic E-state index is 0.441. The Kier molecular flexibility index (Phi) is 2.70. The first-order chi connectivity index (χ1) is 5.56. The lowest BCUT2D eigenvalue weighted by Gasteiger charge is -2.20. The average molecular weight is 226 g/mol. The molecule has 0 aromatic heterocycles. The molecule has 1 aromatic rings. The molecular formula is C10H12BrN. The molecule has 2 heteroatoms. The molecular weight excluding hydrogens is 214 g/mol. The van der Waals surface area contributed by atoms with Crippen LogP contribution < -0.4 is 5.73 Å². The first kappa shape index (κ1) is 9.49. The zero-order chi connectivity index (χ0) is 9.19. The second kappa shape index (κ2) is 3.42. The Bertz CT molecular complexity index is 292. The largest absolute Gasteiger partial charge is 0.318 e. The smallest absolute Gasteiger partial charge is 0.0564 e. The lowest BCUT2D eigenvalue weighted by molar-refractivity contribution is 0.631. The van der Waals surface area contributed by atoms with Crippen molar-refractivity contribution in [3.8, 4) is 0 Å². The van der Waals surface area contributed by atoms with Crippen LogP contribution in [0.25, 0.3) is 0 Å². The van der Waals surface area contributed by atoms with Crippen LogP contribution in [0.1, 0.15) is 12.5 Å². The maximum absolute atomic E-state index is 5.97. The van der Waals surface area contributed by atoms with E-state index in [1.807, 2.05) is 31.2 Å². The van der Waals surface area contributed by atoms with Crippen molar-refractivity contribution >= 4 is 15.9 Å². The van der Waals surface area contributed by atoms with Gasteiger partial charge in [0.05, 0.1) is 5.54 Å². The summed E-state index contributed by atoms with van der Waals surface area (Å²) >= 11 is 3.39. The Morgan fingerprint density at radius 1 is 1.58 bits per heavy atom. The number of hydrogen-bond acceptors (Lipinski definition) is 1. The first-order valence-corrected chi connectivity index (χ1v) is 4.54. The Morgan fingerprint density at radius 2 is 2.25 bits per heavy atom. The summed E-state index contributed by atoms with van der Waals surface area (Å²) in [4.78, 5) is 0. The van der Waals surface area contributed by atoms with Crippen molar-refractivity contribution in [2.45, 2.75) is 12.5 Å². The number of halogens is 1. The van der Waals surface area contributed by atoms with Gasteiger partial charge in [0.2, 0.25) is 0 Å². The number of benzene rings is 1. The molecule has 0 saturated heterocycles. The number of nitrogens with two attached hydrogens (primary N) is 1. The van der Waals surface area contributed by atoms with Crippen LogP contribution in [0.4, 0.5) is 0 Å². The lowest BCUT2D eigenvalue weighted by atomic mass is 9.94. The second-order valence-corrected chi connectivity index (χ2v) is 3.91. The zero-order valence-electron chi connectivity index (χ0n) is 7.05. The predicted molar refractivity (Wildman–Crippen MR) is 55.9 cm³/mol. The van der Waals surface area contributed by atoms with E-state index in [9.17, 15) is 0 Å². The third-order valence-electron chi connectivity index (χ3n) is 1.87. The van der Waals surface area contributed by atoms with E-state index in [4.69, 9.17) is 5.73 Å². The van der Waals surface area contributed by atoms with Crippen LogP contribution in [-0.4, -0.2) is 0 Å². The van der Waals surface area contributed by atoms with Crippen molar-refractivity contribution in [1.29, 1.82) is 0 Å². The third kappa shape index (κ3) is 1.96. The molecule has 1 aromatic carbocycles. The maximum Gasteiger partial charge on any atom is 0.0564 e. The summed E-state index contributed by atoms with van der Waals surface area (Å²) < 4.78 is 1.04. The minimum atomic E-state index is -0.441. The fourth-order valence-electron chi connectivity index (χ4n) is 0.941. The van der Waals surface area contributed by atoms with Crippen molar-refractivity contribution < 1.29 is 0 Å². The van der Waals surface area contributed by atoms with Crippen LogP contribution in [0.15, 0.2) is 41.4 Å². The van der Waals surface area contributed by atoms with Gasteiger partial charge in [0.25, 0.3) is 0 Å². The van der Waals surface area contributed by atoms with Gasteiger partial charge < -0.3 is 5.73 Å². The highest BCUT2D eigenvalue weighted by molar-refractivity contribution is 9.10. The number of hydrogen-bond donors (Lipinski definition) is 1. The highest BCUT2D eigenvalue weighted by Gasteiger charge is 2.15. The fourth-order valence-corrected chi connectivity index (χ4v) is 1.34. The third-order valence-corrected chi connectivity index (χ3v) is 2.36. The molecule has 0 spiro atoms. The predicted octanol–water partition coefficient (Wildman–Crippen LogP) is 2.81. The molecule has 0 aliphatic carbocycles. The minimum Gasteiger partial charge on any atom is -0.318 e. The van der Waals surface area contributed by atoms with Crippen LogP contribution in [0, 0.1) is 0 Å². The van der Waals surface area contributed by atoms with Crippen molar-refractivity contribution in [2.75, 3.05) is 0 Å². The summed E-state index contributed by atoms with van der Waals surface area (Å²) in [5.41, 5.74) is 6.59. The molecule has 1 rings (SSSR count). The molecule has 1 unspecified atom stereocenters. The van der Waals surface area contributed by atoms with Gasteiger partial charge in [-0.3, -0.25) is 0 Å². The van der Waals surface area contributed by atoms with Gasteiger partial charge in [-0.05, 0) is 24.6 Å². The van der Waals surface area contributed by atoms with Crippen molar-refractivity contribution in [1.82, 2.24) is 0 Å². The van der Waals surface area contributed by atoms with Gasteiger partial charge in [0, 0.05) is 4.47 Å². The Labute approximate surface area is 81.4 Å². The van der Waals surface area contributed by atoms with Crippen LogP contribution in [-0.2, 0) is 5.54 Å². The van der Waals surface area contributed by atoms with E-state index >= 15 is 0 Å². The van der Waals surface area contributed by atoms with Crippen LogP contribution in [0.5, 0.6) is 0 Å². The average Bonchev–Trinajstić information content (AvgIpc) is 2.05. The quantitative estimate of drug-likeness (QED) is 0.771. The molecule has 2 N–H and O–H groups in total. The van der Waals surface area contributed by atoms with Crippen LogP contribution in [0.3, 0.4) is 0 Å². The van der Waals surface area contributed by atoms with E-state index in [1.165, 1.54) is 0 Å². The van der Waals surface area contributed by atoms with E-state index in [0.29, 0.717) is 0 Å². The highest BCUT2D eigenvalue weighted by Crippen LogP contribution is 2.21. The molecule has 0 aliphatic heterocycles. The van der Waals surface area contributed by atoms with Gasteiger partial charge in [-0.15, -0.1) is 6.58 Å².